The van der Waals surface area contributed by atoms with Gasteiger partial charge in [-0.2, -0.15) is 0 Å². The summed E-state index contributed by atoms with van der Waals surface area (Å²) >= 11 is 0. The third-order valence-electron chi connectivity index (χ3n) is 3.14. The molecule has 0 aliphatic heterocycles. The van der Waals surface area contributed by atoms with Gasteiger partial charge >= 0.3 is 0 Å². The Labute approximate surface area is 90.1 Å². The van der Waals surface area contributed by atoms with Gasteiger partial charge in [0.25, 0.3) is 0 Å². The Morgan fingerprint density at radius 3 is 1.57 bits per heavy atom. The Bertz CT molecular complexity index is 239. The van der Waals surface area contributed by atoms with Crippen molar-refractivity contribution in [2.75, 3.05) is 0 Å². The van der Waals surface area contributed by atoms with Crippen molar-refractivity contribution in [1.29, 1.82) is 0 Å². The second-order valence-electron chi connectivity index (χ2n) is 4.46. The van der Waals surface area contributed by atoms with Crippen LogP contribution >= 0.6 is 0 Å². The van der Waals surface area contributed by atoms with Crippen molar-refractivity contribution < 1.29 is 0 Å². The molecule has 0 bridgehead atoms. The van der Waals surface area contributed by atoms with Crippen molar-refractivity contribution in [1.82, 2.24) is 0 Å². The van der Waals surface area contributed by atoms with Crippen molar-refractivity contribution in [3.63, 3.8) is 0 Å². The van der Waals surface area contributed by atoms with Gasteiger partial charge in [0.1, 0.15) is 0 Å². The van der Waals surface area contributed by atoms with Gasteiger partial charge in [0, 0.05) is 0 Å². The lowest BCUT2D eigenvalue weighted by molar-refractivity contribution is 0.751. The van der Waals surface area contributed by atoms with Gasteiger partial charge in [0.15, 0.2) is 0 Å². The fourth-order valence-electron chi connectivity index (χ4n) is 1.93. The Hall–Kier alpha value is -0.520. The predicted octanol–water partition coefficient (Wildman–Crippen LogP) is 5.12. The molecule has 0 aromatic rings. The normalized spacial score (nSPS) is 15.4. The maximum atomic E-state index is 2.29. The monoisotopic (exact) mass is 194 g/mol. The van der Waals surface area contributed by atoms with Gasteiger partial charge in [-0.3, -0.25) is 0 Å². The van der Waals surface area contributed by atoms with Crippen LogP contribution in [0.2, 0.25) is 0 Å². The van der Waals surface area contributed by atoms with Crippen molar-refractivity contribution in [2.45, 2.75) is 61.3 Å². The smallest absolute Gasteiger partial charge is 0.0217 e. The Kier molecular flexibility index (Phi) is 5.83. The van der Waals surface area contributed by atoms with Crippen molar-refractivity contribution in [3.05, 3.63) is 22.3 Å². The van der Waals surface area contributed by atoms with E-state index in [1.165, 1.54) is 24.0 Å². The van der Waals surface area contributed by atoms with E-state index in [0.29, 0.717) is 5.92 Å². The van der Waals surface area contributed by atoms with Crippen LogP contribution < -0.4 is 0 Å². The minimum atomic E-state index is 0.649. The first-order chi connectivity index (χ1) is 6.45. The molecule has 0 rings (SSSR count). The maximum Gasteiger partial charge on any atom is -0.0217 e. The van der Waals surface area contributed by atoms with E-state index >= 15 is 0 Å². The Morgan fingerprint density at radius 1 is 0.857 bits per heavy atom. The van der Waals surface area contributed by atoms with E-state index in [-0.39, 0.29) is 0 Å². The first kappa shape index (κ1) is 13.5. The molecular weight excluding hydrogens is 168 g/mol. The molecule has 0 radical (unpaired) electrons. The third kappa shape index (κ3) is 3.32. The highest BCUT2D eigenvalue weighted by molar-refractivity contribution is 5.37. The molecule has 0 aliphatic rings. The largest absolute Gasteiger partial charge is 0.0704 e. The summed E-state index contributed by atoms with van der Waals surface area (Å²) in [6, 6.07) is 0. The average Bonchev–Trinajstić information content (AvgIpc) is 2.15. The van der Waals surface area contributed by atoms with Crippen LogP contribution in [0.3, 0.4) is 0 Å². The van der Waals surface area contributed by atoms with Crippen molar-refractivity contribution >= 4 is 0 Å². The number of rotatable bonds is 4. The highest BCUT2D eigenvalue weighted by Crippen LogP contribution is 2.27. The summed E-state index contributed by atoms with van der Waals surface area (Å²) in [4.78, 5) is 0. The zero-order chi connectivity index (χ0) is 11.3. The van der Waals surface area contributed by atoms with Gasteiger partial charge in [0.05, 0.1) is 0 Å². The van der Waals surface area contributed by atoms with Crippen molar-refractivity contribution in [2.24, 2.45) is 5.92 Å². The van der Waals surface area contributed by atoms with E-state index in [4.69, 9.17) is 0 Å². The van der Waals surface area contributed by atoms with Gasteiger partial charge < -0.3 is 0 Å². The maximum absolute atomic E-state index is 2.29. The van der Waals surface area contributed by atoms with Gasteiger partial charge in [0.2, 0.25) is 0 Å². The topological polar surface area (TPSA) is 0 Å². The second-order valence-corrected chi connectivity index (χ2v) is 4.46. The lowest BCUT2D eigenvalue weighted by atomic mass is 9.88. The quantitative estimate of drug-likeness (QED) is 0.545. The van der Waals surface area contributed by atoms with E-state index in [0.717, 1.165) is 0 Å². The number of hydrogen-bond donors (Lipinski definition) is 0. The number of allylic oxidation sites excluding steroid dienone is 4. The van der Waals surface area contributed by atoms with Crippen LogP contribution in [0.25, 0.3) is 0 Å². The van der Waals surface area contributed by atoms with E-state index in [1.807, 2.05) is 0 Å². The molecule has 0 aromatic carbocycles. The highest BCUT2D eigenvalue weighted by Gasteiger charge is 2.10. The molecule has 14 heavy (non-hydrogen) atoms. The van der Waals surface area contributed by atoms with Crippen LogP contribution in [0.15, 0.2) is 22.3 Å². The summed E-state index contributed by atoms with van der Waals surface area (Å²) in [5, 5.41) is 0. The highest BCUT2D eigenvalue weighted by atomic mass is 14.2. The van der Waals surface area contributed by atoms with Gasteiger partial charge in [-0.05, 0) is 50.7 Å². The molecule has 0 heteroatoms. The summed E-state index contributed by atoms with van der Waals surface area (Å²) in [5.41, 5.74) is 6.17. The molecule has 0 nitrogen and oxygen atoms in total. The zero-order valence-electron chi connectivity index (χ0n) is 11.0. The molecule has 82 valence electrons. The molecule has 0 unspecified atom stereocenters. The zero-order valence-corrected chi connectivity index (χ0v) is 11.0. The summed E-state index contributed by atoms with van der Waals surface area (Å²) in [6.45, 7) is 15.8. The third-order valence-corrected chi connectivity index (χ3v) is 3.14. The van der Waals surface area contributed by atoms with Crippen LogP contribution in [0, 0.1) is 5.92 Å². The van der Waals surface area contributed by atoms with Gasteiger partial charge in [-0.15, -0.1) is 0 Å². The predicted molar refractivity (Wildman–Crippen MR) is 66.5 cm³/mol. The molecule has 0 aromatic heterocycles. The molecule has 0 heterocycles. The minimum Gasteiger partial charge on any atom is -0.0704 e. The van der Waals surface area contributed by atoms with E-state index in [2.05, 4.69) is 48.5 Å². The fourth-order valence-corrected chi connectivity index (χ4v) is 1.93. The molecule has 0 spiro atoms. The van der Waals surface area contributed by atoms with Crippen LogP contribution in [0.4, 0.5) is 0 Å². The number of hydrogen-bond acceptors (Lipinski definition) is 0. The standard InChI is InChI=1S/C14H26/c1-8-11(5)13(7)14(10(3)4)12(6)9-2/h10H,8-9H2,1-7H3. The summed E-state index contributed by atoms with van der Waals surface area (Å²) in [5.74, 6) is 0.649. The van der Waals surface area contributed by atoms with E-state index < -0.39 is 0 Å². The molecule has 0 aliphatic carbocycles. The summed E-state index contributed by atoms with van der Waals surface area (Å²) < 4.78 is 0. The molecule has 0 fully saturated rings. The van der Waals surface area contributed by atoms with E-state index in [9.17, 15) is 0 Å². The van der Waals surface area contributed by atoms with Gasteiger partial charge in [-0.25, -0.2) is 0 Å². The van der Waals surface area contributed by atoms with Gasteiger partial charge in [-0.1, -0.05) is 38.8 Å². The molecule has 0 atom stereocenters. The Morgan fingerprint density at radius 2 is 1.29 bits per heavy atom. The van der Waals surface area contributed by atoms with Crippen molar-refractivity contribution in [3.8, 4) is 0 Å². The molecule has 0 N–H and O–H groups in total. The first-order valence-corrected chi connectivity index (χ1v) is 5.81. The molecule has 0 saturated heterocycles. The first-order valence-electron chi connectivity index (χ1n) is 5.81. The SMILES string of the molecule is CCC(C)=C(C)C(=C(C)CC)C(C)C. The lowest BCUT2D eigenvalue weighted by Crippen LogP contribution is -2.01. The van der Waals surface area contributed by atoms with E-state index in [1.54, 1.807) is 11.1 Å². The minimum absolute atomic E-state index is 0.649. The van der Waals surface area contributed by atoms with Crippen LogP contribution in [-0.2, 0) is 0 Å². The fraction of sp³-hybridized carbons (Fsp3) is 0.714. The van der Waals surface area contributed by atoms with Crippen LogP contribution in [-0.4, -0.2) is 0 Å². The second kappa shape index (κ2) is 6.06. The van der Waals surface area contributed by atoms with Crippen LogP contribution in [0.5, 0.6) is 0 Å². The summed E-state index contributed by atoms with van der Waals surface area (Å²) in [6.07, 6.45) is 2.33. The van der Waals surface area contributed by atoms with Crippen LogP contribution in [0.1, 0.15) is 61.3 Å². The average molecular weight is 194 g/mol. The molecular formula is C14H26. The molecule has 0 amide bonds. The molecule has 0 saturated carbocycles. The lowest BCUT2D eigenvalue weighted by Gasteiger charge is -2.18. The summed E-state index contributed by atoms with van der Waals surface area (Å²) in [7, 11) is 0. The Balaban J connectivity index is 5.25.